The first-order valence-corrected chi connectivity index (χ1v) is 3.99. The molecule has 1 rings (SSSR count). The van der Waals surface area contributed by atoms with Gasteiger partial charge in [-0.05, 0) is 18.3 Å². The quantitative estimate of drug-likeness (QED) is 0.601. The predicted octanol–water partition coefficient (Wildman–Crippen LogP) is 1.81. The van der Waals surface area contributed by atoms with Gasteiger partial charge in [-0.1, -0.05) is 26.2 Å². The Kier molecular flexibility index (Phi) is 2.52. The predicted molar refractivity (Wildman–Crippen MR) is 38.2 cm³/mol. The van der Waals surface area contributed by atoms with E-state index in [0.717, 1.165) is 5.92 Å². The molecule has 1 aliphatic carbocycles. The molecule has 0 spiro atoms. The molecule has 0 saturated heterocycles. The van der Waals surface area contributed by atoms with Gasteiger partial charge >= 0.3 is 0 Å². The second-order valence-corrected chi connectivity index (χ2v) is 3.04. The Morgan fingerprint density at radius 3 is 2.44 bits per heavy atom. The van der Waals surface area contributed by atoms with E-state index in [1.54, 1.807) is 0 Å². The molecule has 0 aromatic carbocycles. The van der Waals surface area contributed by atoms with Gasteiger partial charge in [-0.25, -0.2) is 0 Å². The van der Waals surface area contributed by atoms with Crippen LogP contribution in [0.5, 0.6) is 0 Å². The second-order valence-electron chi connectivity index (χ2n) is 3.04. The van der Waals surface area contributed by atoms with E-state index in [9.17, 15) is 0 Å². The molecule has 1 saturated carbocycles. The highest BCUT2D eigenvalue weighted by molar-refractivity contribution is 4.75. The van der Waals surface area contributed by atoms with E-state index in [2.05, 4.69) is 6.92 Å². The van der Waals surface area contributed by atoms with Crippen LogP contribution in [0.2, 0.25) is 0 Å². The summed E-state index contributed by atoms with van der Waals surface area (Å²) in [6, 6.07) is 0. The van der Waals surface area contributed by atoms with E-state index < -0.39 is 0 Å². The summed E-state index contributed by atoms with van der Waals surface area (Å²) in [6.07, 6.45) is 5.20. The van der Waals surface area contributed by atoms with Crippen LogP contribution in [0.1, 0.15) is 32.6 Å². The van der Waals surface area contributed by atoms with Crippen molar-refractivity contribution in [3.05, 3.63) is 0 Å². The standard InChI is InChI=1S/C8H16O/c1-2-7-4-3-5-8(7)6-9/h7-9H,2-6H2,1H3. The lowest BCUT2D eigenvalue weighted by molar-refractivity contribution is 0.192. The molecule has 1 nitrogen and oxygen atoms in total. The molecule has 1 aliphatic rings. The van der Waals surface area contributed by atoms with Gasteiger partial charge in [-0.3, -0.25) is 0 Å². The Morgan fingerprint density at radius 1 is 1.33 bits per heavy atom. The van der Waals surface area contributed by atoms with E-state index in [-0.39, 0.29) is 0 Å². The van der Waals surface area contributed by atoms with Crippen LogP contribution in [0.15, 0.2) is 0 Å². The third-order valence-corrected chi connectivity index (χ3v) is 2.58. The maximum atomic E-state index is 8.87. The Morgan fingerprint density at radius 2 is 2.00 bits per heavy atom. The van der Waals surface area contributed by atoms with E-state index in [0.29, 0.717) is 12.5 Å². The SMILES string of the molecule is CCC1CCCC1CO. The lowest BCUT2D eigenvalue weighted by Gasteiger charge is -2.13. The Hall–Kier alpha value is -0.0400. The molecule has 9 heavy (non-hydrogen) atoms. The molecule has 1 fully saturated rings. The van der Waals surface area contributed by atoms with Crippen LogP contribution >= 0.6 is 0 Å². The molecule has 54 valence electrons. The molecule has 2 unspecified atom stereocenters. The number of hydrogen-bond acceptors (Lipinski definition) is 1. The van der Waals surface area contributed by atoms with Gasteiger partial charge in [0.05, 0.1) is 0 Å². The number of aliphatic hydroxyl groups excluding tert-OH is 1. The third kappa shape index (κ3) is 1.45. The molecule has 0 radical (unpaired) electrons. The Labute approximate surface area is 57.1 Å². The summed E-state index contributed by atoms with van der Waals surface area (Å²) in [5.74, 6) is 1.46. The summed E-state index contributed by atoms with van der Waals surface area (Å²) in [4.78, 5) is 0. The number of aliphatic hydroxyl groups is 1. The molecule has 1 N–H and O–H groups in total. The van der Waals surface area contributed by atoms with Gasteiger partial charge in [-0.2, -0.15) is 0 Å². The van der Waals surface area contributed by atoms with Crippen molar-refractivity contribution in [1.29, 1.82) is 0 Å². The maximum Gasteiger partial charge on any atom is 0.0461 e. The molecule has 0 aliphatic heterocycles. The Bertz CT molecular complexity index is 70.6. The topological polar surface area (TPSA) is 20.2 Å². The lowest BCUT2D eigenvalue weighted by atomic mass is 9.95. The third-order valence-electron chi connectivity index (χ3n) is 2.58. The summed E-state index contributed by atoms with van der Waals surface area (Å²) in [5.41, 5.74) is 0. The zero-order chi connectivity index (χ0) is 6.69. The maximum absolute atomic E-state index is 8.87. The summed E-state index contributed by atoms with van der Waals surface area (Å²) < 4.78 is 0. The molecule has 0 amide bonds. The molecular formula is C8H16O. The van der Waals surface area contributed by atoms with Crippen molar-refractivity contribution in [2.24, 2.45) is 11.8 Å². The lowest BCUT2D eigenvalue weighted by Crippen LogP contribution is -2.10. The highest BCUT2D eigenvalue weighted by atomic mass is 16.3. The number of rotatable bonds is 2. The Balaban J connectivity index is 2.32. The van der Waals surface area contributed by atoms with Crippen molar-refractivity contribution in [2.45, 2.75) is 32.6 Å². The minimum absolute atomic E-state index is 0.415. The van der Waals surface area contributed by atoms with Crippen LogP contribution in [0, 0.1) is 11.8 Å². The summed E-state index contributed by atoms with van der Waals surface area (Å²) in [6.45, 7) is 2.64. The van der Waals surface area contributed by atoms with Gasteiger partial charge in [0.2, 0.25) is 0 Å². The van der Waals surface area contributed by atoms with Gasteiger partial charge in [0.1, 0.15) is 0 Å². The molecule has 0 aromatic heterocycles. The summed E-state index contributed by atoms with van der Waals surface area (Å²) >= 11 is 0. The minimum atomic E-state index is 0.415. The van der Waals surface area contributed by atoms with Gasteiger partial charge in [-0.15, -0.1) is 0 Å². The van der Waals surface area contributed by atoms with Crippen LogP contribution in [-0.2, 0) is 0 Å². The number of hydrogen-bond donors (Lipinski definition) is 1. The fourth-order valence-corrected chi connectivity index (χ4v) is 1.89. The minimum Gasteiger partial charge on any atom is -0.396 e. The highest BCUT2D eigenvalue weighted by Gasteiger charge is 2.24. The van der Waals surface area contributed by atoms with Crippen molar-refractivity contribution in [2.75, 3.05) is 6.61 Å². The van der Waals surface area contributed by atoms with Gasteiger partial charge < -0.3 is 5.11 Å². The monoisotopic (exact) mass is 128 g/mol. The molecule has 2 atom stereocenters. The van der Waals surface area contributed by atoms with E-state index in [1.807, 2.05) is 0 Å². The van der Waals surface area contributed by atoms with Gasteiger partial charge in [0.25, 0.3) is 0 Å². The normalized spacial score (nSPS) is 35.3. The van der Waals surface area contributed by atoms with E-state index >= 15 is 0 Å². The fraction of sp³-hybridized carbons (Fsp3) is 1.00. The first-order chi connectivity index (χ1) is 4.38. The average Bonchev–Trinajstić information content (AvgIpc) is 2.33. The van der Waals surface area contributed by atoms with Crippen LogP contribution in [0.4, 0.5) is 0 Å². The second kappa shape index (κ2) is 3.21. The largest absolute Gasteiger partial charge is 0.396 e. The van der Waals surface area contributed by atoms with Crippen molar-refractivity contribution in [3.8, 4) is 0 Å². The van der Waals surface area contributed by atoms with Gasteiger partial charge in [0, 0.05) is 6.61 Å². The summed E-state index contributed by atoms with van der Waals surface area (Å²) in [5, 5.41) is 8.87. The summed E-state index contributed by atoms with van der Waals surface area (Å²) in [7, 11) is 0. The average molecular weight is 128 g/mol. The van der Waals surface area contributed by atoms with Gasteiger partial charge in [0.15, 0.2) is 0 Å². The molecular weight excluding hydrogens is 112 g/mol. The van der Waals surface area contributed by atoms with Crippen molar-refractivity contribution < 1.29 is 5.11 Å². The van der Waals surface area contributed by atoms with Crippen LogP contribution in [-0.4, -0.2) is 11.7 Å². The first kappa shape index (κ1) is 7.07. The molecule has 0 heterocycles. The van der Waals surface area contributed by atoms with Crippen molar-refractivity contribution >= 4 is 0 Å². The molecule has 0 bridgehead atoms. The smallest absolute Gasteiger partial charge is 0.0461 e. The van der Waals surface area contributed by atoms with Crippen LogP contribution in [0.25, 0.3) is 0 Å². The zero-order valence-electron chi connectivity index (χ0n) is 6.14. The van der Waals surface area contributed by atoms with Crippen LogP contribution < -0.4 is 0 Å². The fourth-order valence-electron chi connectivity index (χ4n) is 1.89. The zero-order valence-corrected chi connectivity index (χ0v) is 6.14. The molecule has 1 heteroatoms. The van der Waals surface area contributed by atoms with E-state index in [1.165, 1.54) is 25.7 Å². The first-order valence-electron chi connectivity index (χ1n) is 3.99. The van der Waals surface area contributed by atoms with Crippen molar-refractivity contribution in [1.82, 2.24) is 0 Å². The van der Waals surface area contributed by atoms with E-state index in [4.69, 9.17) is 5.11 Å². The molecule has 0 aromatic rings. The van der Waals surface area contributed by atoms with Crippen LogP contribution in [0.3, 0.4) is 0 Å². The highest BCUT2D eigenvalue weighted by Crippen LogP contribution is 2.33. The van der Waals surface area contributed by atoms with Crippen molar-refractivity contribution in [3.63, 3.8) is 0 Å².